The molecule has 0 spiro atoms. The van der Waals surface area contributed by atoms with Crippen molar-refractivity contribution in [3.8, 4) is 5.88 Å². The molecule has 1 saturated heterocycles. The molecule has 0 bridgehead atoms. The fourth-order valence-electron chi connectivity index (χ4n) is 6.59. The van der Waals surface area contributed by atoms with Gasteiger partial charge in [-0.3, -0.25) is 19.2 Å². The summed E-state index contributed by atoms with van der Waals surface area (Å²) >= 11 is 1.07. The number of carbonyl (C=O) groups is 4. The van der Waals surface area contributed by atoms with E-state index in [4.69, 9.17) is 14.2 Å². The lowest BCUT2D eigenvalue weighted by atomic mass is 10.0. The van der Waals surface area contributed by atoms with E-state index in [1.165, 1.54) is 0 Å². The molecule has 3 aromatic rings. The molecule has 1 atom stereocenters. The quantitative estimate of drug-likeness (QED) is 0.0851. The number of benzene rings is 1. The number of rotatable bonds is 19. The highest BCUT2D eigenvalue weighted by molar-refractivity contribution is 6.99. The van der Waals surface area contributed by atoms with Crippen molar-refractivity contribution >= 4 is 64.3 Å². The van der Waals surface area contributed by atoms with Gasteiger partial charge in [-0.15, -0.1) is 4.37 Å². The SMILES string of the molecule is CCN(CC)CCNC(=O)c1c(C)[nH]c(/C=C2\C(=O)Nc3ccc(NC(=O)CCCC(=O)O[C@@H](CNC(C)(C)C)COc4nsnc4N4CCOCC4)cc32)c1C. The van der Waals surface area contributed by atoms with Gasteiger partial charge >= 0.3 is 5.97 Å². The maximum Gasteiger partial charge on any atom is 0.306 e. The van der Waals surface area contributed by atoms with Crippen LogP contribution in [0.3, 0.4) is 0 Å². The zero-order valence-electron chi connectivity index (χ0n) is 34.1. The van der Waals surface area contributed by atoms with Gasteiger partial charge in [0.05, 0.1) is 36.1 Å². The minimum atomic E-state index is -0.597. The molecule has 2 aromatic heterocycles. The number of hydrogen-bond acceptors (Lipinski definition) is 13. The topological polar surface area (TPSA) is 192 Å². The summed E-state index contributed by atoms with van der Waals surface area (Å²) in [5, 5.41) is 12.2. The van der Waals surface area contributed by atoms with Crippen LogP contribution < -0.4 is 30.9 Å². The van der Waals surface area contributed by atoms with Crippen LogP contribution in [-0.2, 0) is 23.9 Å². The van der Waals surface area contributed by atoms with Crippen molar-refractivity contribution in [3.05, 3.63) is 46.3 Å². The first-order valence-corrected chi connectivity index (χ1v) is 20.4. The smallest absolute Gasteiger partial charge is 0.306 e. The second-order valence-corrected chi connectivity index (χ2v) is 15.7. The molecule has 1 aromatic carbocycles. The van der Waals surface area contributed by atoms with Gasteiger partial charge in [0.25, 0.3) is 17.7 Å². The molecule has 57 heavy (non-hydrogen) atoms. The van der Waals surface area contributed by atoms with Crippen molar-refractivity contribution in [1.29, 1.82) is 0 Å². The third-order valence-electron chi connectivity index (χ3n) is 9.79. The molecule has 17 heteroatoms. The largest absolute Gasteiger partial charge is 0.470 e. The van der Waals surface area contributed by atoms with Crippen LogP contribution in [0.2, 0.25) is 0 Å². The van der Waals surface area contributed by atoms with Gasteiger partial charge < -0.3 is 50.3 Å². The van der Waals surface area contributed by atoms with Gasteiger partial charge in [-0.2, -0.15) is 4.37 Å². The number of amides is 3. The normalized spacial score (nSPS) is 15.4. The molecule has 5 rings (SSSR count). The summed E-state index contributed by atoms with van der Waals surface area (Å²) < 4.78 is 26.0. The number of ether oxygens (including phenoxy) is 3. The van der Waals surface area contributed by atoms with Crippen LogP contribution in [0.1, 0.15) is 86.8 Å². The van der Waals surface area contributed by atoms with Crippen molar-refractivity contribution in [1.82, 2.24) is 29.3 Å². The second kappa shape index (κ2) is 20.0. The van der Waals surface area contributed by atoms with Gasteiger partial charge in [-0.1, -0.05) is 13.8 Å². The van der Waals surface area contributed by atoms with E-state index in [0.29, 0.717) is 90.6 Å². The number of anilines is 3. The fourth-order valence-corrected chi connectivity index (χ4v) is 7.11. The van der Waals surface area contributed by atoms with Crippen molar-refractivity contribution in [2.45, 2.75) is 79.4 Å². The van der Waals surface area contributed by atoms with E-state index in [9.17, 15) is 19.2 Å². The first-order chi connectivity index (χ1) is 27.3. The van der Waals surface area contributed by atoms with Crippen molar-refractivity contribution in [3.63, 3.8) is 0 Å². The Morgan fingerprint density at radius 3 is 2.58 bits per heavy atom. The van der Waals surface area contributed by atoms with Crippen LogP contribution in [0, 0.1) is 13.8 Å². The Hall–Kier alpha value is -4.84. The molecule has 0 radical (unpaired) electrons. The Balaban J connectivity index is 1.15. The lowest BCUT2D eigenvalue weighted by Gasteiger charge is -2.27. The number of aromatic amines is 1. The van der Waals surface area contributed by atoms with Crippen molar-refractivity contribution in [2.75, 3.05) is 81.2 Å². The highest BCUT2D eigenvalue weighted by Gasteiger charge is 2.27. The Morgan fingerprint density at radius 1 is 1.11 bits per heavy atom. The molecular weight excluding hydrogens is 751 g/mol. The number of aromatic nitrogens is 3. The average Bonchev–Trinajstić information content (AvgIpc) is 3.85. The molecule has 16 nitrogen and oxygen atoms in total. The zero-order chi connectivity index (χ0) is 41.1. The number of carbonyl (C=O) groups excluding carboxylic acids is 4. The van der Waals surface area contributed by atoms with Gasteiger partial charge in [0.2, 0.25) is 11.7 Å². The number of hydrogen-bond donors (Lipinski definition) is 5. The first-order valence-electron chi connectivity index (χ1n) is 19.7. The Kier molecular flexibility index (Phi) is 15.2. The van der Waals surface area contributed by atoms with Crippen LogP contribution in [0.15, 0.2) is 18.2 Å². The molecule has 2 aliphatic rings. The fraction of sp³-hybridized carbons (Fsp3) is 0.550. The molecule has 4 heterocycles. The van der Waals surface area contributed by atoms with Gasteiger partial charge in [0.1, 0.15) is 12.7 Å². The van der Waals surface area contributed by atoms with E-state index < -0.39 is 12.1 Å². The number of H-pyrrole nitrogens is 1. The predicted molar refractivity (Wildman–Crippen MR) is 222 cm³/mol. The van der Waals surface area contributed by atoms with E-state index in [1.807, 2.05) is 34.6 Å². The summed E-state index contributed by atoms with van der Waals surface area (Å²) in [5.74, 6) is -0.116. The molecule has 0 aliphatic carbocycles. The van der Waals surface area contributed by atoms with Gasteiger partial charge in [0, 0.05) is 79.4 Å². The summed E-state index contributed by atoms with van der Waals surface area (Å²) in [6, 6.07) is 5.20. The molecule has 2 aliphatic heterocycles. The van der Waals surface area contributed by atoms with E-state index in [1.54, 1.807) is 24.3 Å². The summed E-state index contributed by atoms with van der Waals surface area (Å²) in [6.45, 7) is 20.1. The van der Waals surface area contributed by atoms with Gasteiger partial charge in [0.15, 0.2) is 0 Å². The average molecular weight is 808 g/mol. The first kappa shape index (κ1) is 43.3. The number of nitrogens with one attached hydrogen (secondary N) is 5. The van der Waals surface area contributed by atoms with Crippen LogP contribution in [0.4, 0.5) is 17.2 Å². The third-order valence-corrected chi connectivity index (χ3v) is 10.3. The van der Waals surface area contributed by atoms with Gasteiger partial charge in [-0.05, 0) is 84.0 Å². The van der Waals surface area contributed by atoms with Crippen LogP contribution in [-0.4, -0.2) is 120 Å². The Labute approximate surface area is 338 Å². The van der Waals surface area contributed by atoms with Crippen LogP contribution in [0.5, 0.6) is 5.88 Å². The standard InChI is InChI=1S/C40H57N9O7S/c1-8-48(9-2)16-15-41-38(53)35-25(3)32(43-26(35)4)22-30-29-21-27(13-14-31(29)45-37(30)52)44-33(50)11-10-12-34(51)56-28(23-42-40(5,6)7)24-55-39-36(46-57-47-39)49-17-19-54-20-18-49/h13-14,21-22,28,42-43H,8-12,15-20,23-24H2,1-7H3,(H,41,53)(H,44,50)(H,45,52)/b30-22-/t28-/m0/s1. The molecule has 5 N–H and O–H groups in total. The minimum absolute atomic E-state index is 0.0388. The monoisotopic (exact) mass is 807 g/mol. The lowest BCUT2D eigenvalue weighted by molar-refractivity contribution is -0.150. The number of esters is 1. The van der Waals surface area contributed by atoms with Crippen LogP contribution >= 0.6 is 11.7 Å². The molecule has 1 fully saturated rings. The minimum Gasteiger partial charge on any atom is -0.470 e. The lowest BCUT2D eigenvalue weighted by Crippen LogP contribution is -2.44. The zero-order valence-corrected chi connectivity index (χ0v) is 35.0. The summed E-state index contributed by atoms with van der Waals surface area (Å²) in [4.78, 5) is 59.7. The predicted octanol–water partition coefficient (Wildman–Crippen LogP) is 4.37. The van der Waals surface area contributed by atoms with E-state index in [2.05, 4.69) is 58.6 Å². The van der Waals surface area contributed by atoms with Crippen molar-refractivity contribution in [2.24, 2.45) is 0 Å². The molecule has 3 amide bonds. The molecule has 0 saturated carbocycles. The second-order valence-electron chi connectivity index (χ2n) is 15.2. The number of fused-ring (bicyclic) bond motifs is 1. The highest BCUT2D eigenvalue weighted by atomic mass is 32.1. The molecule has 0 unspecified atom stereocenters. The highest BCUT2D eigenvalue weighted by Crippen LogP contribution is 2.36. The van der Waals surface area contributed by atoms with Crippen molar-refractivity contribution < 1.29 is 33.4 Å². The third kappa shape index (κ3) is 12.1. The number of likely N-dealkylation sites (N-methyl/N-ethyl adjacent to an activating group) is 1. The summed E-state index contributed by atoms with van der Waals surface area (Å²) in [7, 11) is 0. The maximum atomic E-state index is 13.1. The maximum absolute atomic E-state index is 13.1. The molecular formula is C40H57N9O7S. The van der Waals surface area contributed by atoms with E-state index in [-0.39, 0.29) is 49.1 Å². The Morgan fingerprint density at radius 2 is 1.86 bits per heavy atom. The van der Waals surface area contributed by atoms with E-state index in [0.717, 1.165) is 36.9 Å². The number of aryl methyl sites for hydroxylation is 1. The van der Waals surface area contributed by atoms with E-state index >= 15 is 0 Å². The summed E-state index contributed by atoms with van der Waals surface area (Å²) in [5.41, 5.74) is 4.60. The summed E-state index contributed by atoms with van der Waals surface area (Å²) in [6.07, 6.45) is 1.53. The van der Waals surface area contributed by atoms with Crippen LogP contribution in [0.25, 0.3) is 11.6 Å². The number of morpholine rings is 1. The molecule has 310 valence electrons. The number of nitrogens with zero attached hydrogens (tertiary/aromatic N) is 4. The van der Waals surface area contributed by atoms with Gasteiger partial charge in [-0.25, -0.2) is 0 Å². The Bertz CT molecular complexity index is 1910.